The van der Waals surface area contributed by atoms with Crippen LogP contribution in [-0.4, -0.2) is 25.2 Å². The monoisotopic (exact) mass is 479 g/mol. The lowest BCUT2D eigenvalue weighted by Gasteiger charge is -2.27. The summed E-state index contributed by atoms with van der Waals surface area (Å²) in [5.41, 5.74) is 0.281. The van der Waals surface area contributed by atoms with E-state index in [0.717, 1.165) is 12.1 Å². The zero-order valence-electron chi connectivity index (χ0n) is 17.4. The van der Waals surface area contributed by atoms with E-state index >= 15 is 0 Å². The maximum atomic E-state index is 13.9. The van der Waals surface area contributed by atoms with Crippen molar-refractivity contribution < 1.29 is 17.6 Å². The fourth-order valence-electron chi connectivity index (χ4n) is 3.82. The van der Waals surface area contributed by atoms with Gasteiger partial charge in [-0.1, -0.05) is 36.4 Å². The standard InChI is InChI=1S/C24H18FN3O3S2/c1-16-14-19(10-13-21(16)26-2)28-22(29)24(27-23(28)32,17-6-4-3-5-7-17)15-33(30,31)20-11-8-18(25)9-12-20/h3-14H,15H2,1H3,(H,27,32)/t24-/m1/s1. The Kier molecular flexibility index (Phi) is 5.74. The van der Waals surface area contributed by atoms with Gasteiger partial charge in [-0.05, 0) is 66.7 Å². The summed E-state index contributed by atoms with van der Waals surface area (Å²) in [5.74, 6) is -1.74. The first-order chi connectivity index (χ1) is 15.7. The maximum absolute atomic E-state index is 13.9. The number of benzene rings is 3. The van der Waals surface area contributed by atoms with Gasteiger partial charge in [0.05, 0.1) is 17.2 Å². The molecule has 0 radical (unpaired) electrons. The van der Waals surface area contributed by atoms with Gasteiger partial charge in [-0.25, -0.2) is 17.7 Å². The van der Waals surface area contributed by atoms with E-state index in [1.807, 2.05) is 0 Å². The Balaban J connectivity index is 1.82. The molecule has 1 saturated heterocycles. The molecule has 1 heterocycles. The highest BCUT2D eigenvalue weighted by Gasteiger charge is 2.54. The van der Waals surface area contributed by atoms with E-state index in [9.17, 15) is 17.6 Å². The number of carbonyl (C=O) groups is 1. The van der Waals surface area contributed by atoms with E-state index in [1.54, 1.807) is 55.5 Å². The molecular formula is C24H18FN3O3S2. The van der Waals surface area contributed by atoms with Crippen molar-refractivity contribution >= 4 is 44.4 Å². The van der Waals surface area contributed by atoms with Crippen LogP contribution in [0.25, 0.3) is 4.85 Å². The Morgan fingerprint density at radius 3 is 2.36 bits per heavy atom. The van der Waals surface area contributed by atoms with Crippen molar-refractivity contribution in [3.05, 3.63) is 101 Å². The number of halogens is 1. The Morgan fingerprint density at radius 1 is 1.09 bits per heavy atom. The molecule has 3 aromatic carbocycles. The molecule has 0 saturated carbocycles. The summed E-state index contributed by atoms with van der Waals surface area (Å²) in [7, 11) is -4.02. The lowest BCUT2D eigenvalue weighted by molar-refractivity contribution is -0.121. The van der Waals surface area contributed by atoms with E-state index in [4.69, 9.17) is 18.8 Å². The number of rotatable bonds is 5. The van der Waals surface area contributed by atoms with Crippen LogP contribution in [0.15, 0.2) is 77.7 Å². The predicted molar refractivity (Wildman–Crippen MR) is 127 cm³/mol. The van der Waals surface area contributed by atoms with Gasteiger partial charge in [0.2, 0.25) is 0 Å². The molecule has 1 atom stereocenters. The van der Waals surface area contributed by atoms with Crippen molar-refractivity contribution in [3.8, 4) is 0 Å². The topological polar surface area (TPSA) is 70.8 Å². The number of amides is 1. The maximum Gasteiger partial charge on any atom is 0.264 e. The Bertz CT molecular complexity index is 1400. The Labute approximate surface area is 196 Å². The molecule has 6 nitrogen and oxygen atoms in total. The molecule has 166 valence electrons. The van der Waals surface area contributed by atoms with Gasteiger partial charge >= 0.3 is 0 Å². The number of aryl methyl sites for hydroxylation is 1. The first-order valence-corrected chi connectivity index (χ1v) is 11.9. The highest BCUT2D eigenvalue weighted by molar-refractivity contribution is 7.91. The molecule has 9 heteroatoms. The summed E-state index contributed by atoms with van der Waals surface area (Å²) in [5, 5.41) is 3.01. The van der Waals surface area contributed by atoms with Crippen LogP contribution >= 0.6 is 12.2 Å². The first-order valence-electron chi connectivity index (χ1n) is 9.87. The van der Waals surface area contributed by atoms with Crippen molar-refractivity contribution in [2.24, 2.45) is 0 Å². The molecule has 1 aliphatic rings. The Morgan fingerprint density at radius 2 is 1.76 bits per heavy atom. The first kappa shape index (κ1) is 22.6. The van der Waals surface area contributed by atoms with Crippen molar-refractivity contribution in [2.45, 2.75) is 17.4 Å². The second-order valence-electron chi connectivity index (χ2n) is 7.64. The number of nitrogens with one attached hydrogen (secondary N) is 1. The van der Waals surface area contributed by atoms with Crippen LogP contribution in [0.1, 0.15) is 11.1 Å². The summed E-state index contributed by atoms with van der Waals surface area (Å²) in [6.07, 6.45) is 0. The minimum absolute atomic E-state index is 0.0492. The molecular weight excluding hydrogens is 461 g/mol. The molecule has 0 aliphatic carbocycles. The number of thiocarbonyl (C=S) groups is 1. The molecule has 1 aliphatic heterocycles. The van der Waals surface area contributed by atoms with E-state index in [1.165, 1.54) is 17.0 Å². The fraction of sp³-hybridized carbons (Fsp3) is 0.125. The van der Waals surface area contributed by atoms with E-state index in [2.05, 4.69) is 10.2 Å². The summed E-state index contributed by atoms with van der Waals surface area (Å²) >= 11 is 5.47. The normalized spacial score (nSPS) is 18.2. The van der Waals surface area contributed by atoms with Gasteiger partial charge in [0.1, 0.15) is 5.82 Å². The molecule has 1 fully saturated rings. The molecule has 1 amide bonds. The van der Waals surface area contributed by atoms with Gasteiger partial charge in [-0.2, -0.15) is 0 Å². The van der Waals surface area contributed by atoms with Crippen LogP contribution in [0.5, 0.6) is 0 Å². The summed E-state index contributed by atoms with van der Waals surface area (Å²) < 4.78 is 40.0. The molecule has 33 heavy (non-hydrogen) atoms. The molecule has 4 rings (SSSR count). The second-order valence-corrected chi connectivity index (χ2v) is 10.0. The van der Waals surface area contributed by atoms with Crippen LogP contribution in [0.3, 0.4) is 0 Å². The molecule has 0 aromatic heterocycles. The number of nitrogens with zero attached hydrogens (tertiary/aromatic N) is 2. The van der Waals surface area contributed by atoms with Crippen LogP contribution < -0.4 is 10.2 Å². The third-order valence-electron chi connectivity index (χ3n) is 5.50. The van der Waals surface area contributed by atoms with Crippen LogP contribution in [0, 0.1) is 19.3 Å². The fourth-order valence-corrected chi connectivity index (χ4v) is 5.84. The number of sulfone groups is 1. The predicted octanol–water partition coefficient (Wildman–Crippen LogP) is 4.28. The van der Waals surface area contributed by atoms with E-state index in [-0.39, 0.29) is 10.0 Å². The average molecular weight is 480 g/mol. The lowest BCUT2D eigenvalue weighted by Crippen LogP contribution is -2.49. The molecule has 0 unspecified atom stereocenters. The van der Waals surface area contributed by atoms with Gasteiger partial charge in [-0.15, -0.1) is 0 Å². The van der Waals surface area contributed by atoms with Crippen LogP contribution in [0.2, 0.25) is 0 Å². The largest absolute Gasteiger partial charge is 0.343 e. The molecule has 0 spiro atoms. The highest BCUT2D eigenvalue weighted by atomic mass is 32.2. The van der Waals surface area contributed by atoms with Crippen molar-refractivity contribution in [3.63, 3.8) is 0 Å². The van der Waals surface area contributed by atoms with Crippen molar-refractivity contribution in [1.29, 1.82) is 0 Å². The third-order valence-corrected chi connectivity index (χ3v) is 7.58. The van der Waals surface area contributed by atoms with Crippen LogP contribution in [0.4, 0.5) is 15.8 Å². The van der Waals surface area contributed by atoms with Crippen LogP contribution in [-0.2, 0) is 20.2 Å². The molecule has 0 bridgehead atoms. The summed E-state index contributed by atoms with van der Waals surface area (Å²) in [4.78, 5) is 18.4. The van der Waals surface area contributed by atoms with Gasteiger partial charge in [0.25, 0.3) is 5.91 Å². The van der Waals surface area contributed by atoms with E-state index < -0.39 is 32.9 Å². The van der Waals surface area contributed by atoms with E-state index in [0.29, 0.717) is 22.5 Å². The number of carbonyl (C=O) groups excluding carboxylic acids is 1. The minimum Gasteiger partial charge on any atom is -0.343 e. The highest BCUT2D eigenvalue weighted by Crippen LogP contribution is 2.36. The average Bonchev–Trinajstić information content (AvgIpc) is 3.04. The smallest absolute Gasteiger partial charge is 0.264 e. The molecule has 3 aromatic rings. The number of anilines is 1. The molecule has 1 N–H and O–H groups in total. The number of hydrogen-bond acceptors (Lipinski definition) is 4. The van der Waals surface area contributed by atoms with Gasteiger partial charge in [0.15, 0.2) is 26.2 Å². The zero-order chi connectivity index (χ0) is 23.8. The zero-order valence-corrected chi connectivity index (χ0v) is 19.1. The van der Waals surface area contributed by atoms with Gasteiger partial charge in [0, 0.05) is 5.69 Å². The lowest BCUT2D eigenvalue weighted by atomic mass is 9.91. The van der Waals surface area contributed by atoms with Gasteiger partial charge < -0.3 is 5.32 Å². The van der Waals surface area contributed by atoms with Crippen molar-refractivity contribution in [1.82, 2.24) is 5.32 Å². The second kappa shape index (κ2) is 8.39. The van der Waals surface area contributed by atoms with Crippen molar-refractivity contribution in [2.75, 3.05) is 10.7 Å². The SMILES string of the molecule is [C-]#[N+]c1ccc(N2C(=O)[C@@](CS(=O)(=O)c3ccc(F)cc3)(c3ccccc3)NC2=S)cc1C. The quantitative estimate of drug-likeness (QED) is 0.336. The Hall–Kier alpha value is -3.61. The third kappa shape index (κ3) is 3.99. The number of hydrogen-bond donors (Lipinski definition) is 1. The minimum atomic E-state index is -4.02. The summed E-state index contributed by atoms with van der Waals surface area (Å²) in [6, 6.07) is 17.8. The van der Waals surface area contributed by atoms with Gasteiger partial charge in [-0.3, -0.25) is 9.69 Å². The summed E-state index contributed by atoms with van der Waals surface area (Å²) in [6.45, 7) is 8.98.